The lowest BCUT2D eigenvalue weighted by Gasteiger charge is -2.08. The molecule has 0 aromatic heterocycles. The Hall–Kier alpha value is -1.06. The first kappa shape index (κ1) is 13.0. The number of carbonyl (C=O) groups excluding carboxylic acids is 1. The Morgan fingerprint density at radius 3 is 2.81 bits per heavy atom. The lowest BCUT2D eigenvalue weighted by atomic mass is 10.2. The standard InChI is InChI=1S/C12H17ClN2O/c1-9(2)7-14-8-12(16)15-11-5-3-4-10(13)6-11/h3-6,9,14H,7-8H2,1-2H3,(H,15,16). The van der Waals surface area contributed by atoms with E-state index in [1.807, 2.05) is 6.07 Å². The number of nitrogens with one attached hydrogen (secondary N) is 2. The molecule has 0 unspecified atom stereocenters. The Morgan fingerprint density at radius 2 is 2.19 bits per heavy atom. The van der Waals surface area contributed by atoms with Crippen LogP contribution in [0.25, 0.3) is 0 Å². The van der Waals surface area contributed by atoms with E-state index < -0.39 is 0 Å². The predicted molar refractivity (Wildman–Crippen MR) is 67.8 cm³/mol. The first-order valence-electron chi connectivity index (χ1n) is 5.34. The van der Waals surface area contributed by atoms with Gasteiger partial charge in [-0.25, -0.2) is 0 Å². The van der Waals surface area contributed by atoms with Gasteiger partial charge in [-0.1, -0.05) is 31.5 Å². The minimum Gasteiger partial charge on any atom is -0.325 e. The van der Waals surface area contributed by atoms with E-state index in [0.29, 0.717) is 17.5 Å². The molecule has 0 bridgehead atoms. The van der Waals surface area contributed by atoms with Crippen LogP contribution in [0.2, 0.25) is 5.02 Å². The fourth-order valence-electron chi connectivity index (χ4n) is 1.25. The number of amides is 1. The third-order valence-corrected chi connectivity index (χ3v) is 2.18. The Labute approximate surface area is 101 Å². The van der Waals surface area contributed by atoms with Crippen LogP contribution in [-0.4, -0.2) is 19.0 Å². The zero-order valence-corrected chi connectivity index (χ0v) is 10.3. The van der Waals surface area contributed by atoms with Gasteiger partial charge in [-0.15, -0.1) is 0 Å². The predicted octanol–water partition coefficient (Wildman–Crippen LogP) is 2.52. The van der Waals surface area contributed by atoms with Crippen molar-refractivity contribution in [3.8, 4) is 0 Å². The van der Waals surface area contributed by atoms with Gasteiger partial charge in [0.25, 0.3) is 0 Å². The van der Waals surface area contributed by atoms with E-state index in [9.17, 15) is 4.79 Å². The normalized spacial score (nSPS) is 10.5. The molecule has 4 heteroatoms. The highest BCUT2D eigenvalue weighted by atomic mass is 35.5. The van der Waals surface area contributed by atoms with E-state index >= 15 is 0 Å². The zero-order chi connectivity index (χ0) is 12.0. The molecule has 0 saturated heterocycles. The smallest absolute Gasteiger partial charge is 0.238 e. The Balaban J connectivity index is 2.34. The maximum Gasteiger partial charge on any atom is 0.238 e. The molecule has 1 rings (SSSR count). The molecule has 3 nitrogen and oxygen atoms in total. The summed E-state index contributed by atoms with van der Waals surface area (Å²) in [6.07, 6.45) is 0. The second-order valence-electron chi connectivity index (χ2n) is 4.08. The fraction of sp³-hybridized carbons (Fsp3) is 0.417. The largest absolute Gasteiger partial charge is 0.325 e. The molecule has 0 spiro atoms. The number of hydrogen-bond acceptors (Lipinski definition) is 2. The quantitative estimate of drug-likeness (QED) is 0.831. The molecule has 0 fully saturated rings. The van der Waals surface area contributed by atoms with Gasteiger partial charge in [0.15, 0.2) is 0 Å². The second kappa shape index (κ2) is 6.51. The average molecular weight is 241 g/mol. The van der Waals surface area contributed by atoms with Crippen molar-refractivity contribution in [2.75, 3.05) is 18.4 Å². The van der Waals surface area contributed by atoms with Crippen LogP contribution >= 0.6 is 11.6 Å². The summed E-state index contributed by atoms with van der Waals surface area (Å²) in [5, 5.41) is 6.46. The SMILES string of the molecule is CC(C)CNCC(=O)Nc1cccc(Cl)c1. The van der Waals surface area contributed by atoms with Crippen molar-refractivity contribution in [1.29, 1.82) is 0 Å². The van der Waals surface area contributed by atoms with Gasteiger partial charge in [-0.3, -0.25) is 4.79 Å². The van der Waals surface area contributed by atoms with Crippen LogP contribution in [0.4, 0.5) is 5.69 Å². The third kappa shape index (κ3) is 5.14. The van der Waals surface area contributed by atoms with Crippen LogP contribution in [0.1, 0.15) is 13.8 Å². The van der Waals surface area contributed by atoms with Gasteiger partial charge in [0, 0.05) is 10.7 Å². The fourth-order valence-corrected chi connectivity index (χ4v) is 1.44. The van der Waals surface area contributed by atoms with Crippen molar-refractivity contribution in [2.45, 2.75) is 13.8 Å². The zero-order valence-electron chi connectivity index (χ0n) is 9.59. The Kier molecular flexibility index (Phi) is 5.29. The Morgan fingerprint density at radius 1 is 1.44 bits per heavy atom. The molecule has 1 amide bonds. The van der Waals surface area contributed by atoms with Crippen LogP contribution in [0.3, 0.4) is 0 Å². The highest BCUT2D eigenvalue weighted by Gasteiger charge is 2.02. The van der Waals surface area contributed by atoms with Gasteiger partial charge in [0.1, 0.15) is 0 Å². The average Bonchev–Trinajstić information content (AvgIpc) is 2.16. The third-order valence-electron chi connectivity index (χ3n) is 1.95. The number of rotatable bonds is 5. The van der Waals surface area contributed by atoms with Crippen LogP contribution in [-0.2, 0) is 4.79 Å². The summed E-state index contributed by atoms with van der Waals surface area (Å²) in [5.41, 5.74) is 0.726. The molecule has 0 atom stereocenters. The van der Waals surface area contributed by atoms with Crippen LogP contribution in [0.15, 0.2) is 24.3 Å². The molecule has 88 valence electrons. The van der Waals surface area contributed by atoms with Gasteiger partial charge < -0.3 is 10.6 Å². The maximum absolute atomic E-state index is 11.5. The van der Waals surface area contributed by atoms with E-state index in [-0.39, 0.29) is 5.91 Å². The van der Waals surface area contributed by atoms with Crippen LogP contribution in [0, 0.1) is 5.92 Å². The monoisotopic (exact) mass is 240 g/mol. The Bertz CT molecular complexity index is 353. The van der Waals surface area contributed by atoms with E-state index in [2.05, 4.69) is 24.5 Å². The van der Waals surface area contributed by atoms with Crippen molar-refractivity contribution < 1.29 is 4.79 Å². The van der Waals surface area contributed by atoms with Crippen molar-refractivity contribution in [2.24, 2.45) is 5.92 Å². The minimum atomic E-state index is -0.0529. The molecule has 0 aliphatic rings. The van der Waals surface area contributed by atoms with E-state index in [1.54, 1.807) is 18.2 Å². The molecule has 1 aromatic rings. The second-order valence-corrected chi connectivity index (χ2v) is 4.52. The molecule has 0 saturated carbocycles. The topological polar surface area (TPSA) is 41.1 Å². The van der Waals surface area contributed by atoms with E-state index in [0.717, 1.165) is 12.2 Å². The molecule has 1 aromatic carbocycles. The van der Waals surface area contributed by atoms with Crippen molar-refractivity contribution in [3.63, 3.8) is 0 Å². The lowest BCUT2D eigenvalue weighted by Crippen LogP contribution is -2.30. The molecule has 0 heterocycles. The van der Waals surface area contributed by atoms with Gasteiger partial charge in [-0.2, -0.15) is 0 Å². The molecule has 0 aliphatic heterocycles. The molecule has 0 radical (unpaired) electrons. The first-order chi connectivity index (χ1) is 7.58. The summed E-state index contributed by atoms with van der Waals surface area (Å²) in [5.74, 6) is 0.488. The summed E-state index contributed by atoms with van der Waals surface area (Å²) in [4.78, 5) is 11.5. The number of halogens is 1. The number of benzene rings is 1. The minimum absolute atomic E-state index is 0.0529. The van der Waals surface area contributed by atoms with Gasteiger partial charge in [0.2, 0.25) is 5.91 Å². The molecule has 2 N–H and O–H groups in total. The van der Waals surface area contributed by atoms with E-state index in [1.165, 1.54) is 0 Å². The molecular weight excluding hydrogens is 224 g/mol. The summed E-state index contributed by atoms with van der Waals surface area (Å²) in [6, 6.07) is 7.11. The molecule has 0 aliphatic carbocycles. The van der Waals surface area contributed by atoms with Crippen molar-refractivity contribution >= 4 is 23.2 Å². The molecular formula is C12H17ClN2O. The van der Waals surface area contributed by atoms with Gasteiger partial charge in [-0.05, 0) is 30.7 Å². The maximum atomic E-state index is 11.5. The van der Waals surface area contributed by atoms with Crippen LogP contribution < -0.4 is 10.6 Å². The van der Waals surface area contributed by atoms with Gasteiger partial charge in [0.05, 0.1) is 6.54 Å². The lowest BCUT2D eigenvalue weighted by molar-refractivity contribution is -0.115. The van der Waals surface area contributed by atoms with Crippen molar-refractivity contribution in [1.82, 2.24) is 5.32 Å². The summed E-state index contributed by atoms with van der Waals surface area (Å²) in [6.45, 7) is 5.36. The summed E-state index contributed by atoms with van der Waals surface area (Å²) < 4.78 is 0. The molecule has 16 heavy (non-hydrogen) atoms. The van der Waals surface area contributed by atoms with E-state index in [4.69, 9.17) is 11.6 Å². The number of hydrogen-bond donors (Lipinski definition) is 2. The highest BCUT2D eigenvalue weighted by molar-refractivity contribution is 6.30. The van der Waals surface area contributed by atoms with Crippen LogP contribution in [0.5, 0.6) is 0 Å². The number of anilines is 1. The van der Waals surface area contributed by atoms with Gasteiger partial charge >= 0.3 is 0 Å². The summed E-state index contributed by atoms with van der Waals surface area (Å²) in [7, 11) is 0. The summed E-state index contributed by atoms with van der Waals surface area (Å²) >= 11 is 5.81. The number of carbonyl (C=O) groups is 1. The highest BCUT2D eigenvalue weighted by Crippen LogP contribution is 2.14. The first-order valence-corrected chi connectivity index (χ1v) is 5.72. The van der Waals surface area contributed by atoms with Crippen molar-refractivity contribution in [3.05, 3.63) is 29.3 Å².